The lowest BCUT2D eigenvalue weighted by Crippen LogP contribution is -2.40. The van der Waals surface area contributed by atoms with Gasteiger partial charge in [-0.1, -0.05) is 6.92 Å². The van der Waals surface area contributed by atoms with Crippen molar-refractivity contribution in [3.63, 3.8) is 0 Å². The van der Waals surface area contributed by atoms with Crippen LogP contribution in [0.15, 0.2) is 28.3 Å². The van der Waals surface area contributed by atoms with E-state index in [1.54, 1.807) is 0 Å². The van der Waals surface area contributed by atoms with Crippen molar-refractivity contribution in [3.8, 4) is 0 Å². The Morgan fingerprint density at radius 2 is 1.87 bits per heavy atom. The molecule has 1 aromatic heterocycles. The molecular formula is C14H23N3O4S2. The molecule has 1 saturated heterocycles. The molecule has 0 aliphatic carbocycles. The molecule has 9 heteroatoms. The zero-order chi connectivity index (χ0) is 17.1. The highest BCUT2D eigenvalue weighted by atomic mass is 32.2. The Balaban J connectivity index is 2.08. The first-order valence-corrected chi connectivity index (χ1v) is 10.9. The van der Waals surface area contributed by atoms with Crippen molar-refractivity contribution in [1.82, 2.24) is 14.6 Å². The van der Waals surface area contributed by atoms with Crippen LogP contribution in [0.2, 0.25) is 0 Å². The normalized spacial score (nSPS) is 18.2. The number of nitrogens with one attached hydrogen (secondary N) is 1. The van der Waals surface area contributed by atoms with Gasteiger partial charge in [0.15, 0.2) is 14.9 Å². The van der Waals surface area contributed by atoms with Crippen molar-refractivity contribution in [3.05, 3.63) is 18.3 Å². The molecular weight excluding hydrogens is 338 g/mol. The van der Waals surface area contributed by atoms with Gasteiger partial charge in [0.25, 0.3) is 0 Å². The van der Waals surface area contributed by atoms with Gasteiger partial charge in [0, 0.05) is 25.5 Å². The number of aromatic nitrogens is 1. The van der Waals surface area contributed by atoms with Crippen LogP contribution < -0.4 is 5.32 Å². The minimum atomic E-state index is -3.61. The molecule has 1 aliphatic heterocycles. The third-order valence-electron chi connectivity index (χ3n) is 3.98. The summed E-state index contributed by atoms with van der Waals surface area (Å²) in [6, 6.07) is 2.55. The van der Waals surface area contributed by atoms with E-state index in [4.69, 9.17) is 0 Å². The van der Waals surface area contributed by atoms with Crippen molar-refractivity contribution >= 4 is 19.9 Å². The van der Waals surface area contributed by atoms with E-state index >= 15 is 0 Å². The van der Waals surface area contributed by atoms with Crippen molar-refractivity contribution in [2.75, 3.05) is 32.4 Å². The molecule has 1 aromatic rings. The van der Waals surface area contributed by atoms with E-state index in [1.165, 1.54) is 16.4 Å². The van der Waals surface area contributed by atoms with Crippen molar-refractivity contribution in [2.24, 2.45) is 5.92 Å². The minimum absolute atomic E-state index is 0.0371. The van der Waals surface area contributed by atoms with E-state index in [9.17, 15) is 16.8 Å². The quantitative estimate of drug-likeness (QED) is 0.792. The predicted octanol–water partition coefficient (Wildman–Crippen LogP) is 0.495. The van der Waals surface area contributed by atoms with Crippen molar-refractivity contribution < 1.29 is 16.8 Å². The van der Waals surface area contributed by atoms with Gasteiger partial charge in [0.1, 0.15) is 4.90 Å². The van der Waals surface area contributed by atoms with Crippen molar-refractivity contribution in [2.45, 2.75) is 29.7 Å². The van der Waals surface area contributed by atoms with Crippen molar-refractivity contribution in [1.29, 1.82) is 0 Å². The summed E-state index contributed by atoms with van der Waals surface area (Å²) >= 11 is 0. The number of hydrogen-bond donors (Lipinski definition) is 1. The van der Waals surface area contributed by atoms with Crippen LogP contribution in [0.25, 0.3) is 0 Å². The second kappa shape index (κ2) is 7.25. The fraction of sp³-hybridized carbons (Fsp3) is 0.643. The van der Waals surface area contributed by atoms with E-state index in [-0.39, 0.29) is 9.92 Å². The van der Waals surface area contributed by atoms with Crippen LogP contribution >= 0.6 is 0 Å². The van der Waals surface area contributed by atoms with Crippen LogP contribution in [0.1, 0.15) is 19.8 Å². The van der Waals surface area contributed by atoms with E-state index in [0.29, 0.717) is 19.0 Å². The molecule has 1 aliphatic rings. The highest BCUT2D eigenvalue weighted by Crippen LogP contribution is 2.23. The van der Waals surface area contributed by atoms with Crippen LogP contribution in [0.4, 0.5) is 0 Å². The highest BCUT2D eigenvalue weighted by molar-refractivity contribution is 7.90. The van der Waals surface area contributed by atoms with Crippen LogP contribution in [-0.2, 0) is 19.9 Å². The van der Waals surface area contributed by atoms with Gasteiger partial charge in [-0.3, -0.25) is 0 Å². The SMILES string of the molecule is CCNCC1CCN(S(=O)(=O)c2ccc(S(C)(=O)=O)nc2)CC1. The van der Waals surface area contributed by atoms with Gasteiger partial charge >= 0.3 is 0 Å². The average Bonchev–Trinajstić information content (AvgIpc) is 2.52. The monoisotopic (exact) mass is 361 g/mol. The number of sulfone groups is 1. The zero-order valence-corrected chi connectivity index (χ0v) is 15.0. The topological polar surface area (TPSA) is 96.4 Å². The Kier molecular flexibility index (Phi) is 5.77. The van der Waals surface area contributed by atoms with Gasteiger partial charge in [0.2, 0.25) is 10.0 Å². The van der Waals surface area contributed by atoms with Gasteiger partial charge in [-0.2, -0.15) is 4.31 Å². The van der Waals surface area contributed by atoms with Gasteiger partial charge in [-0.05, 0) is 44.0 Å². The molecule has 0 amide bonds. The van der Waals surface area contributed by atoms with Gasteiger partial charge in [0.05, 0.1) is 0 Å². The molecule has 130 valence electrons. The smallest absolute Gasteiger partial charge is 0.244 e. The molecule has 0 aromatic carbocycles. The summed E-state index contributed by atoms with van der Waals surface area (Å²) in [4.78, 5) is 3.80. The fourth-order valence-corrected chi connectivity index (χ4v) is 4.56. The number of nitrogens with zero attached hydrogens (tertiary/aromatic N) is 2. The first-order chi connectivity index (χ1) is 10.7. The molecule has 1 fully saturated rings. The standard InChI is InChI=1S/C14H23N3O4S2/c1-3-15-10-12-6-8-17(9-7-12)23(20,21)13-4-5-14(16-11-13)22(2,18)19/h4-5,11-12,15H,3,6-10H2,1-2H3. The Hall–Kier alpha value is -1.03. The summed E-state index contributed by atoms with van der Waals surface area (Å²) in [5.41, 5.74) is 0. The molecule has 2 rings (SSSR count). The van der Waals surface area contributed by atoms with Crippen LogP contribution in [0.5, 0.6) is 0 Å². The number of hydrogen-bond acceptors (Lipinski definition) is 6. The summed E-state index contributed by atoms with van der Waals surface area (Å²) in [6.45, 7) is 4.83. The number of pyridine rings is 1. The second-order valence-electron chi connectivity index (χ2n) is 5.76. The van der Waals surface area contributed by atoms with E-state index < -0.39 is 19.9 Å². The number of piperidine rings is 1. The maximum absolute atomic E-state index is 12.6. The Labute approximate surface area is 138 Å². The van der Waals surface area contributed by atoms with E-state index in [0.717, 1.165) is 38.4 Å². The van der Waals surface area contributed by atoms with Crippen LogP contribution in [0, 0.1) is 5.92 Å². The highest BCUT2D eigenvalue weighted by Gasteiger charge is 2.29. The lowest BCUT2D eigenvalue weighted by atomic mass is 9.98. The Morgan fingerprint density at radius 3 is 2.35 bits per heavy atom. The van der Waals surface area contributed by atoms with Gasteiger partial charge in [-0.25, -0.2) is 21.8 Å². The molecule has 7 nitrogen and oxygen atoms in total. The molecule has 0 atom stereocenters. The fourth-order valence-electron chi connectivity index (χ4n) is 2.59. The summed E-state index contributed by atoms with van der Waals surface area (Å²) in [6.07, 6.45) is 3.80. The molecule has 1 N–H and O–H groups in total. The minimum Gasteiger partial charge on any atom is -0.317 e. The van der Waals surface area contributed by atoms with E-state index in [1.807, 2.05) is 6.92 Å². The maximum Gasteiger partial charge on any atom is 0.244 e. The summed E-state index contributed by atoms with van der Waals surface area (Å²) < 4.78 is 49.4. The largest absolute Gasteiger partial charge is 0.317 e. The van der Waals surface area contributed by atoms with Crippen LogP contribution in [0.3, 0.4) is 0 Å². The Bertz CT molecular complexity index is 722. The first kappa shape index (κ1) is 18.3. The molecule has 0 unspecified atom stereocenters. The second-order valence-corrected chi connectivity index (χ2v) is 9.66. The first-order valence-electron chi connectivity index (χ1n) is 7.62. The summed E-state index contributed by atoms with van der Waals surface area (Å²) in [7, 11) is -7.05. The molecule has 23 heavy (non-hydrogen) atoms. The molecule has 2 heterocycles. The molecule has 0 radical (unpaired) electrons. The number of rotatable bonds is 6. The average molecular weight is 361 g/mol. The lowest BCUT2D eigenvalue weighted by molar-refractivity contribution is 0.268. The van der Waals surface area contributed by atoms with Crippen LogP contribution in [-0.4, -0.2) is 58.6 Å². The number of sulfonamides is 1. The molecule has 0 spiro atoms. The third kappa shape index (κ3) is 4.50. The summed E-state index contributed by atoms with van der Waals surface area (Å²) in [5, 5.41) is 3.16. The Morgan fingerprint density at radius 1 is 1.22 bits per heavy atom. The third-order valence-corrected chi connectivity index (χ3v) is 6.87. The predicted molar refractivity (Wildman–Crippen MR) is 87.4 cm³/mol. The molecule has 0 bridgehead atoms. The zero-order valence-electron chi connectivity index (χ0n) is 13.4. The maximum atomic E-state index is 12.6. The lowest BCUT2D eigenvalue weighted by Gasteiger charge is -2.31. The van der Waals surface area contributed by atoms with E-state index in [2.05, 4.69) is 10.3 Å². The molecule has 0 saturated carbocycles. The summed E-state index contributed by atoms with van der Waals surface area (Å²) in [5.74, 6) is 0.493. The van der Waals surface area contributed by atoms with Gasteiger partial charge in [-0.15, -0.1) is 0 Å². The van der Waals surface area contributed by atoms with Gasteiger partial charge < -0.3 is 5.32 Å².